The normalized spacial score (nSPS) is 10.3. The van der Waals surface area contributed by atoms with Gasteiger partial charge in [-0.1, -0.05) is 24.3 Å². The molecule has 0 heterocycles. The zero-order chi connectivity index (χ0) is 13.2. The van der Waals surface area contributed by atoms with Crippen LogP contribution in [-0.2, 0) is 22.7 Å². The van der Waals surface area contributed by atoms with Gasteiger partial charge in [-0.3, -0.25) is 4.79 Å². The van der Waals surface area contributed by atoms with E-state index in [1.54, 1.807) is 7.11 Å². The molecule has 0 saturated heterocycles. The molecule has 0 aliphatic heterocycles. The van der Waals surface area contributed by atoms with Crippen molar-refractivity contribution in [2.75, 3.05) is 13.0 Å². The zero-order valence-electron chi connectivity index (χ0n) is 10.7. The lowest BCUT2D eigenvalue weighted by Crippen LogP contribution is -2.22. The molecular formula is C14H20ClNO2. The number of unbranched alkanes of at least 4 members (excludes halogenated alkanes) is 1. The molecule has 0 atom stereocenters. The Hall–Kier alpha value is -1.06. The molecule has 0 saturated carbocycles. The molecule has 18 heavy (non-hydrogen) atoms. The van der Waals surface area contributed by atoms with E-state index in [0.29, 0.717) is 25.5 Å². The molecule has 0 bridgehead atoms. The summed E-state index contributed by atoms with van der Waals surface area (Å²) in [5.41, 5.74) is 2.21. The van der Waals surface area contributed by atoms with E-state index in [4.69, 9.17) is 16.3 Å². The van der Waals surface area contributed by atoms with Crippen molar-refractivity contribution < 1.29 is 9.53 Å². The fraction of sp³-hybridized carbons (Fsp3) is 0.500. The highest BCUT2D eigenvalue weighted by atomic mass is 35.5. The summed E-state index contributed by atoms with van der Waals surface area (Å²) in [4.78, 5) is 11.5. The highest BCUT2D eigenvalue weighted by Gasteiger charge is 2.01. The fourth-order valence-electron chi connectivity index (χ4n) is 1.67. The molecule has 1 amide bonds. The molecule has 0 unspecified atom stereocenters. The third-order valence-electron chi connectivity index (χ3n) is 2.58. The van der Waals surface area contributed by atoms with E-state index in [-0.39, 0.29) is 5.91 Å². The maximum absolute atomic E-state index is 11.5. The van der Waals surface area contributed by atoms with Gasteiger partial charge in [-0.05, 0) is 24.0 Å². The molecule has 4 heteroatoms. The lowest BCUT2D eigenvalue weighted by atomic mass is 10.1. The SMILES string of the molecule is COCc1cccc(CNC(=O)CCCCCl)c1. The molecule has 1 N–H and O–H groups in total. The average molecular weight is 270 g/mol. The number of carbonyl (C=O) groups excluding carboxylic acids is 1. The van der Waals surface area contributed by atoms with Crippen molar-refractivity contribution in [2.24, 2.45) is 0 Å². The maximum atomic E-state index is 11.5. The molecule has 1 rings (SSSR count). The minimum atomic E-state index is 0.0808. The molecule has 0 aliphatic rings. The van der Waals surface area contributed by atoms with Crippen molar-refractivity contribution in [3.63, 3.8) is 0 Å². The lowest BCUT2D eigenvalue weighted by Gasteiger charge is -2.07. The molecule has 0 radical (unpaired) electrons. The molecule has 0 spiro atoms. The summed E-state index contributed by atoms with van der Waals surface area (Å²) < 4.78 is 5.07. The minimum Gasteiger partial charge on any atom is -0.380 e. The molecule has 1 aromatic rings. The number of hydrogen-bond donors (Lipinski definition) is 1. The van der Waals surface area contributed by atoms with Gasteiger partial charge in [0, 0.05) is 26.0 Å². The summed E-state index contributed by atoms with van der Waals surface area (Å²) in [6.07, 6.45) is 2.28. The summed E-state index contributed by atoms with van der Waals surface area (Å²) in [7, 11) is 1.67. The summed E-state index contributed by atoms with van der Waals surface area (Å²) >= 11 is 5.56. The van der Waals surface area contributed by atoms with Crippen LogP contribution in [-0.4, -0.2) is 18.9 Å². The second-order valence-electron chi connectivity index (χ2n) is 4.18. The zero-order valence-corrected chi connectivity index (χ0v) is 11.5. The Morgan fingerprint density at radius 1 is 1.33 bits per heavy atom. The van der Waals surface area contributed by atoms with Gasteiger partial charge >= 0.3 is 0 Å². The van der Waals surface area contributed by atoms with Crippen LogP contribution in [0.4, 0.5) is 0 Å². The van der Waals surface area contributed by atoms with Crippen LogP contribution in [0.3, 0.4) is 0 Å². The molecule has 3 nitrogen and oxygen atoms in total. The number of rotatable bonds is 8. The predicted octanol–water partition coefficient (Wildman–Crippen LogP) is 2.86. The number of hydrogen-bond acceptors (Lipinski definition) is 2. The average Bonchev–Trinajstić information content (AvgIpc) is 2.38. The Morgan fingerprint density at radius 2 is 2.11 bits per heavy atom. The van der Waals surface area contributed by atoms with E-state index in [0.717, 1.165) is 24.0 Å². The van der Waals surface area contributed by atoms with Crippen LogP contribution < -0.4 is 5.32 Å². The second-order valence-corrected chi connectivity index (χ2v) is 4.55. The van der Waals surface area contributed by atoms with Crippen molar-refractivity contribution in [3.8, 4) is 0 Å². The number of benzene rings is 1. The van der Waals surface area contributed by atoms with E-state index >= 15 is 0 Å². The van der Waals surface area contributed by atoms with E-state index in [1.807, 2.05) is 24.3 Å². The van der Waals surface area contributed by atoms with Crippen LogP contribution in [0.15, 0.2) is 24.3 Å². The predicted molar refractivity (Wildman–Crippen MR) is 73.6 cm³/mol. The van der Waals surface area contributed by atoms with Crippen molar-refractivity contribution in [3.05, 3.63) is 35.4 Å². The van der Waals surface area contributed by atoms with E-state index in [9.17, 15) is 4.79 Å². The van der Waals surface area contributed by atoms with Gasteiger partial charge in [0.2, 0.25) is 5.91 Å². The minimum absolute atomic E-state index is 0.0808. The van der Waals surface area contributed by atoms with Crippen molar-refractivity contribution >= 4 is 17.5 Å². The molecule has 0 fully saturated rings. The van der Waals surface area contributed by atoms with E-state index in [2.05, 4.69) is 5.32 Å². The Labute approximate surface area is 113 Å². The molecule has 0 aliphatic carbocycles. The highest BCUT2D eigenvalue weighted by Crippen LogP contribution is 2.06. The van der Waals surface area contributed by atoms with Crippen LogP contribution >= 0.6 is 11.6 Å². The number of carbonyl (C=O) groups is 1. The number of halogens is 1. The van der Waals surface area contributed by atoms with Gasteiger partial charge < -0.3 is 10.1 Å². The van der Waals surface area contributed by atoms with E-state index < -0.39 is 0 Å². The second kappa shape index (κ2) is 8.95. The van der Waals surface area contributed by atoms with Gasteiger partial charge in [0.25, 0.3) is 0 Å². The van der Waals surface area contributed by atoms with Gasteiger partial charge in [-0.2, -0.15) is 0 Å². The van der Waals surface area contributed by atoms with Crippen molar-refractivity contribution in [2.45, 2.75) is 32.4 Å². The summed E-state index contributed by atoms with van der Waals surface area (Å²) in [5.74, 6) is 0.698. The fourth-order valence-corrected chi connectivity index (χ4v) is 1.85. The maximum Gasteiger partial charge on any atom is 0.220 e. The Kier molecular flexibility index (Phi) is 7.46. The third-order valence-corrected chi connectivity index (χ3v) is 2.85. The van der Waals surface area contributed by atoms with Crippen LogP contribution in [0.5, 0.6) is 0 Å². The topological polar surface area (TPSA) is 38.3 Å². The first kappa shape index (κ1) is 15.0. The van der Waals surface area contributed by atoms with Crippen molar-refractivity contribution in [1.82, 2.24) is 5.32 Å². The molecule has 1 aromatic carbocycles. The summed E-state index contributed by atoms with van der Waals surface area (Å²) in [6, 6.07) is 8.03. The first-order valence-electron chi connectivity index (χ1n) is 6.15. The molecule has 0 aromatic heterocycles. The van der Waals surface area contributed by atoms with Crippen LogP contribution in [0.1, 0.15) is 30.4 Å². The van der Waals surface area contributed by atoms with E-state index in [1.165, 1.54) is 0 Å². The van der Waals surface area contributed by atoms with Gasteiger partial charge in [0.1, 0.15) is 0 Å². The lowest BCUT2D eigenvalue weighted by molar-refractivity contribution is -0.121. The Balaban J connectivity index is 2.33. The standard InChI is InChI=1S/C14H20ClNO2/c1-18-11-13-6-4-5-12(9-13)10-16-14(17)7-2-3-8-15/h4-6,9H,2-3,7-8,10-11H2,1H3,(H,16,17). The van der Waals surface area contributed by atoms with Crippen LogP contribution in [0.25, 0.3) is 0 Å². The number of alkyl halides is 1. The van der Waals surface area contributed by atoms with Gasteiger partial charge in [-0.25, -0.2) is 0 Å². The largest absolute Gasteiger partial charge is 0.380 e. The monoisotopic (exact) mass is 269 g/mol. The van der Waals surface area contributed by atoms with Gasteiger partial charge in [0.05, 0.1) is 6.61 Å². The van der Waals surface area contributed by atoms with Crippen molar-refractivity contribution in [1.29, 1.82) is 0 Å². The summed E-state index contributed by atoms with van der Waals surface area (Å²) in [6.45, 7) is 1.16. The first-order valence-corrected chi connectivity index (χ1v) is 6.69. The highest BCUT2D eigenvalue weighted by molar-refractivity contribution is 6.17. The Bertz CT molecular complexity index is 369. The molecule has 100 valence electrons. The third kappa shape index (κ3) is 6.03. The number of ether oxygens (including phenoxy) is 1. The quantitative estimate of drug-likeness (QED) is 0.582. The summed E-state index contributed by atoms with van der Waals surface area (Å²) in [5, 5.41) is 2.90. The Morgan fingerprint density at radius 3 is 2.83 bits per heavy atom. The number of methoxy groups -OCH3 is 1. The first-order chi connectivity index (χ1) is 8.76. The number of nitrogens with one attached hydrogen (secondary N) is 1. The van der Waals surface area contributed by atoms with Gasteiger partial charge in [-0.15, -0.1) is 11.6 Å². The number of amides is 1. The van der Waals surface area contributed by atoms with Crippen LogP contribution in [0, 0.1) is 0 Å². The smallest absolute Gasteiger partial charge is 0.220 e. The molecular weight excluding hydrogens is 250 g/mol. The van der Waals surface area contributed by atoms with Crippen LogP contribution in [0.2, 0.25) is 0 Å². The van der Waals surface area contributed by atoms with Gasteiger partial charge in [0.15, 0.2) is 0 Å².